The molecular weight excluding hydrogens is 207 g/mol. The standard InChI is InChI=1S/C10H8ClFO2/c11-8-2-7-1-6(4-13)5-14-10(7)9(12)3-8/h1-3,13H,4-5H2. The molecule has 0 saturated heterocycles. The lowest BCUT2D eigenvalue weighted by Gasteiger charge is -2.17. The smallest absolute Gasteiger partial charge is 0.167 e. The molecule has 1 N–H and O–H groups in total. The normalized spacial score (nSPS) is 14.4. The second-order valence-corrected chi connectivity index (χ2v) is 3.49. The van der Waals surface area contributed by atoms with Crippen molar-refractivity contribution in [2.24, 2.45) is 0 Å². The Morgan fingerprint density at radius 1 is 1.50 bits per heavy atom. The van der Waals surface area contributed by atoms with Gasteiger partial charge in [-0.1, -0.05) is 11.6 Å². The first-order valence-electron chi connectivity index (χ1n) is 4.13. The van der Waals surface area contributed by atoms with E-state index in [-0.39, 0.29) is 19.0 Å². The molecule has 1 heterocycles. The number of fused-ring (bicyclic) bond motifs is 1. The Hall–Kier alpha value is -1.06. The van der Waals surface area contributed by atoms with Gasteiger partial charge in [0.25, 0.3) is 0 Å². The first-order chi connectivity index (χ1) is 6.70. The molecule has 0 amide bonds. The molecule has 1 aliphatic rings. The van der Waals surface area contributed by atoms with Crippen LogP contribution < -0.4 is 4.74 Å². The predicted octanol–water partition coefficient (Wildman–Crippen LogP) is 2.25. The van der Waals surface area contributed by atoms with Crippen LogP contribution in [0.4, 0.5) is 4.39 Å². The molecule has 1 aromatic rings. The summed E-state index contributed by atoms with van der Waals surface area (Å²) in [4.78, 5) is 0. The SMILES string of the molecule is OCC1=Cc2cc(Cl)cc(F)c2OC1. The number of halogens is 2. The van der Waals surface area contributed by atoms with E-state index in [0.29, 0.717) is 16.2 Å². The summed E-state index contributed by atoms with van der Waals surface area (Å²) in [5, 5.41) is 9.20. The topological polar surface area (TPSA) is 29.5 Å². The molecule has 74 valence electrons. The monoisotopic (exact) mass is 214 g/mol. The van der Waals surface area contributed by atoms with Crippen molar-refractivity contribution in [2.75, 3.05) is 13.2 Å². The Bertz CT molecular complexity index is 401. The van der Waals surface area contributed by atoms with Crippen LogP contribution in [0.3, 0.4) is 0 Å². The molecule has 0 unspecified atom stereocenters. The summed E-state index contributed by atoms with van der Waals surface area (Å²) in [5.74, 6) is -0.271. The molecule has 1 aromatic carbocycles. The summed E-state index contributed by atoms with van der Waals surface area (Å²) in [6, 6.07) is 2.81. The lowest BCUT2D eigenvalue weighted by Crippen LogP contribution is -2.11. The summed E-state index contributed by atoms with van der Waals surface area (Å²) < 4.78 is 18.4. The largest absolute Gasteiger partial charge is 0.485 e. The Labute approximate surface area is 85.6 Å². The zero-order valence-electron chi connectivity index (χ0n) is 7.26. The van der Waals surface area contributed by atoms with Gasteiger partial charge in [-0.3, -0.25) is 0 Å². The van der Waals surface area contributed by atoms with Gasteiger partial charge in [-0.15, -0.1) is 0 Å². The Balaban J connectivity index is 2.52. The summed E-state index contributed by atoms with van der Waals surface area (Å²) in [7, 11) is 0. The van der Waals surface area contributed by atoms with Crippen LogP contribution in [0.15, 0.2) is 17.7 Å². The van der Waals surface area contributed by atoms with Gasteiger partial charge in [-0.05, 0) is 23.8 Å². The van der Waals surface area contributed by atoms with E-state index >= 15 is 0 Å². The lowest BCUT2D eigenvalue weighted by molar-refractivity contribution is 0.278. The van der Waals surface area contributed by atoms with Gasteiger partial charge in [0.1, 0.15) is 6.61 Å². The molecule has 0 atom stereocenters. The van der Waals surface area contributed by atoms with E-state index in [4.69, 9.17) is 21.4 Å². The van der Waals surface area contributed by atoms with Gasteiger partial charge in [-0.2, -0.15) is 0 Å². The molecule has 0 aromatic heterocycles. The number of ether oxygens (including phenoxy) is 1. The highest BCUT2D eigenvalue weighted by Crippen LogP contribution is 2.31. The fourth-order valence-electron chi connectivity index (χ4n) is 1.36. The van der Waals surface area contributed by atoms with E-state index in [1.165, 1.54) is 6.07 Å². The van der Waals surface area contributed by atoms with E-state index in [0.717, 1.165) is 0 Å². The third-order valence-corrected chi connectivity index (χ3v) is 2.22. The second-order valence-electron chi connectivity index (χ2n) is 3.06. The zero-order valence-corrected chi connectivity index (χ0v) is 8.01. The summed E-state index contributed by atoms with van der Waals surface area (Å²) in [6.45, 7) is 0.135. The number of hydrogen-bond donors (Lipinski definition) is 1. The highest BCUT2D eigenvalue weighted by atomic mass is 35.5. The average Bonchev–Trinajstić information content (AvgIpc) is 2.16. The molecule has 14 heavy (non-hydrogen) atoms. The Kier molecular flexibility index (Phi) is 2.44. The summed E-state index contributed by atoms with van der Waals surface area (Å²) in [5.41, 5.74) is 1.28. The second kappa shape index (κ2) is 3.59. The maximum atomic E-state index is 13.3. The molecule has 4 heteroatoms. The van der Waals surface area contributed by atoms with Crippen LogP contribution in [0.25, 0.3) is 6.08 Å². The van der Waals surface area contributed by atoms with Crippen molar-refractivity contribution in [2.45, 2.75) is 0 Å². The molecule has 2 nitrogen and oxygen atoms in total. The van der Waals surface area contributed by atoms with E-state index < -0.39 is 5.82 Å². The summed E-state index contributed by atoms with van der Waals surface area (Å²) >= 11 is 5.69. The van der Waals surface area contributed by atoms with Crippen molar-refractivity contribution in [1.29, 1.82) is 0 Å². The molecule has 2 rings (SSSR count). The maximum absolute atomic E-state index is 13.3. The van der Waals surface area contributed by atoms with Crippen LogP contribution in [0.5, 0.6) is 5.75 Å². The van der Waals surface area contributed by atoms with Crippen LogP contribution in [0, 0.1) is 5.82 Å². The number of rotatable bonds is 1. The first kappa shape index (κ1) is 9.49. The highest BCUT2D eigenvalue weighted by molar-refractivity contribution is 6.30. The van der Waals surface area contributed by atoms with Crippen molar-refractivity contribution in [1.82, 2.24) is 0 Å². The predicted molar refractivity (Wildman–Crippen MR) is 52.0 cm³/mol. The van der Waals surface area contributed by atoms with Crippen LogP contribution in [0.1, 0.15) is 5.56 Å². The molecule has 0 aliphatic carbocycles. The number of aliphatic hydroxyl groups excluding tert-OH is 1. The quantitative estimate of drug-likeness (QED) is 0.777. The van der Waals surface area contributed by atoms with Crippen molar-refractivity contribution in [3.63, 3.8) is 0 Å². The van der Waals surface area contributed by atoms with Crippen molar-refractivity contribution >= 4 is 17.7 Å². The van der Waals surface area contributed by atoms with Gasteiger partial charge in [0, 0.05) is 10.6 Å². The lowest BCUT2D eigenvalue weighted by atomic mass is 10.1. The van der Waals surface area contributed by atoms with E-state index in [1.54, 1.807) is 12.1 Å². The minimum atomic E-state index is -0.472. The third-order valence-electron chi connectivity index (χ3n) is 2.00. The molecule has 0 bridgehead atoms. The van der Waals surface area contributed by atoms with Crippen LogP contribution in [-0.2, 0) is 0 Å². The van der Waals surface area contributed by atoms with Crippen molar-refractivity contribution in [3.8, 4) is 5.75 Å². The number of hydrogen-bond acceptors (Lipinski definition) is 2. The Morgan fingerprint density at radius 3 is 3.00 bits per heavy atom. The molecule has 1 aliphatic heterocycles. The highest BCUT2D eigenvalue weighted by Gasteiger charge is 2.15. The van der Waals surface area contributed by atoms with Gasteiger partial charge in [0.15, 0.2) is 11.6 Å². The van der Waals surface area contributed by atoms with Gasteiger partial charge in [0.2, 0.25) is 0 Å². The molecule has 0 spiro atoms. The van der Waals surface area contributed by atoms with Crippen LogP contribution >= 0.6 is 11.6 Å². The van der Waals surface area contributed by atoms with Gasteiger partial charge in [-0.25, -0.2) is 4.39 Å². The fourth-order valence-corrected chi connectivity index (χ4v) is 1.57. The number of benzene rings is 1. The van der Waals surface area contributed by atoms with E-state index in [2.05, 4.69) is 0 Å². The van der Waals surface area contributed by atoms with Crippen LogP contribution in [-0.4, -0.2) is 18.3 Å². The minimum absolute atomic E-state index is 0.0897. The zero-order chi connectivity index (χ0) is 10.1. The van der Waals surface area contributed by atoms with E-state index in [9.17, 15) is 4.39 Å². The van der Waals surface area contributed by atoms with Crippen molar-refractivity contribution in [3.05, 3.63) is 34.1 Å². The van der Waals surface area contributed by atoms with Crippen LogP contribution in [0.2, 0.25) is 5.02 Å². The van der Waals surface area contributed by atoms with Gasteiger partial charge >= 0.3 is 0 Å². The molecule has 0 saturated carbocycles. The number of aliphatic hydroxyl groups is 1. The molecule has 0 radical (unpaired) electrons. The Morgan fingerprint density at radius 2 is 2.29 bits per heavy atom. The fraction of sp³-hybridized carbons (Fsp3) is 0.200. The average molecular weight is 215 g/mol. The van der Waals surface area contributed by atoms with E-state index in [1.807, 2.05) is 0 Å². The molecular formula is C10H8ClFO2. The molecule has 0 fully saturated rings. The maximum Gasteiger partial charge on any atom is 0.167 e. The van der Waals surface area contributed by atoms with Gasteiger partial charge in [0.05, 0.1) is 6.61 Å². The van der Waals surface area contributed by atoms with Crippen molar-refractivity contribution < 1.29 is 14.2 Å². The minimum Gasteiger partial charge on any atom is -0.485 e. The first-order valence-corrected chi connectivity index (χ1v) is 4.50. The summed E-state index contributed by atoms with van der Waals surface area (Å²) in [6.07, 6.45) is 1.69. The van der Waals surface area contributed by atoms with Gasteiger partial charge < -0.3 is 9.84 Å². The third kappa shape index (κ3) is 1.61.